The number of allylic oxidation sites excluding steroid dienone is 2. The van der Waals surface area contributed by atoms with Gasteiger partial charge in [0.15, 0.2) is 17.1 Å². The van der Waals surface area contributed by atoms with Crippen LogP contribution in [0, 0.1) is 0 Å². The molecule has 2 amide bonds. The van der Waals surface area contributed by atoms with E-state index < -0.39 is 47.3 Å². The van der Waals surface area contributed by atoms with E-state index in [4.69, 9.17) is 16.3 Å². The monoisotopic (exact) mass is 778 g/mol. The highest BCUT2D eigenvalue weighted by molar-refractivity contribution is 6.33. The lowest BCUT2D eigenvalue weighted by Crippen LogP contribution is -2.51. The lowest BCUT2D eigenvalue weighted by Gasteiger charge is -2.38. The Hall–Kier alpha value is -5.72. The molecular formula is C34H36ClF5N10O4. The van der Waals surface area contributed by atoms with E-state index in [1.165, 1.54) is 4.90 Å². The first-order chi connectivity index (χ1) is 25.7. The Morgan fingerprint density at radius 3 is 2.28 bits per heavy atom. The molecule has 288 valence electrons. The van der Waals surface area contributed by atoms with Crippen LogP contribution < -0.4 is 20.3 Å². The number of carbonyl (C=O) groups excluding carboxylic acids is 3. The number of carbonyl (C=O) groups is 3. The van der Waals surface area contributed by atoms with Crippen LogP contribution in [0.2, 0.25) is 5.02 Å². The Morgan fingerprint density at radius 2 is 1.69 bits per heavy atom. The third-order valence-corrected chi connectivity index (χ3v) is 8.55. The summed E-state index contributed by atoms with van der Waals surface area (Å²) in [6, 6.07) is 11.3. The van der Waals surface area contributed by atoms with E-state index >= 15 is 0 Å². The minimum Gasteiger partial charge on any atom is -0.484 e. The molecule has 2 aromatic heterocycles. The van der Waals surface area contributed by atoms with Gasteiger partial charge in [-0.1, -0.05) is 48.9 Å². The quantitative estimate of drug-likeness (QED) is 0.122. The van der Waals surface area contributed by atoms with Crippen molar-refractivity contribution in [3.63, 3.8) is 0 Å². The fourth-order valence-electron chi connectivity index (χ4n) is 5.43. The number of alkyl halides is 5. The standard InChI is InChI=1S/C34H36ClF5N10O4/c1-4-23(41-17-25(51)44-24-11-10-21(16-22(24)35)34(38,39)40)28(32(53)50-45-33(46-50)47(2)3)48-12-14-49(15-13-48)31(52)27-29(26(30(36)37)42-19-43-27)54-18-20-8-6-5-7-9-20/h5-11,16,19,30,41H,4,12-15,17-18H2,1-3H3,(H,44,51)(H,45,46)/b28-23+. The fourth-order valence-corrected chi connectivity index (χ4v) is 5.66. The second-order valence-corrected chi connectivity index (χ2v) is 12.5. The number of halogens is 6. The van der Waals surface area contributed by atoms with Crippen molar-refractivity contribution in [2.75, 3.05) is 57.0 Å². The molecular weight excluding hydrogens is 743 g/mol. The molecule has 0 spiro atoms. The van der Waals surface area contributed by atoms with Crippen LogP contribution in [0.15, 0.2) is 66.3 Å². The van der Waals surface area contributed by atoms with Crippen molar-refractivity contribution >= 4 is 41.0 Å². The van der Waals surface area contributed by atoms with E-state index in [2.05, 4.69) is 30.8 Å². The SMILES string of the molecule is CC/C(NCC(=O)Nc1ccc(C(F)(F)F)cc1Cl)=C(/C(=O)n1nc(N(C)C)[nH]1)N1CCN(C(=O)c2ncnc(C(F)F)c2OCc2ccccc2)CC1. The summed E-state index contributed by atoms with van der Waals surface area (Å²) in [5.41, 5.74) is -0.924. The Morgan fingerprint density at radius 1 is 1.02 bits per heavy atom. The van der Waals surface area contributed by atoms with Gasteiger partial charge in [0.1, 0.15) is 18.6 Å². The number of hydrogen-bond donors (Lipinski definition) is 3. The van der Waals surface area contributed by atoms with Gasteiger partial charge in [0.05, 0.1) is 22.8 Å². The highest BCUT2D eigenvalue weighted by Crippen LogP contribution is 2.34. The molecule has 1 aliphatic heterocycles. The fraction of sp³-hybridized carbons (Fsp3) is 0.353. The molecule has 5 rings (SSSR count). The lowest BCUT2D eigenvalue weighted by molar-refractivity contribution is -0.137. The average molecular weight is 779 g/mol. The van der Waals surface area contributed by atoms with Crippen molar-refractivity contribution < 1.29 is 41.1 Å². The summed E-state index contributed by atoms with van der Waals surface area (Å²) in [7, 11) is 3.45. The van der Waals surface area contributed by atoms with Crippen LogP contribution in [0.25, 0.3) is 0 Å². The summed E-state index contributed by atoms with van der Waals surface area (Å²) in [5.74, 6) is -1.92. The normalized spacial score (nSPS) is 13.8. The molecule has 1 aliphatic rings. The maximum atomic E-state index is 14.0. The van der Waals surface area contributed by atoms with E-state index in [1.807, 2.05) is 0 Å². The van der Waals surface area contributed by atoms with Crippen LogP contribution in [0.4, 0.5) is 33.6 Å². The average Bonchev–Trinajstić information content (AvgIpc) is 3.12. The Balaban J connectivity index is 1.34. The van der Waals surface area contributed by atoms with Crippen molar-refractivity contribution in [2.24, 2.45) is 0 Å². The first-order valence-corrected chi connectivity index (χ1v) is 16.9. The number of ether oxygens (including phenoxy) is 1. The van der Waals surface area contributed by atoms with Crippen molar-refractivity contribution in [1.29, 1.82) is 0 Å². The minimum absolute atomic E-state index is 0.0381. The van der Waals surface area contributed by atoms with Gasteiger partial charge < -0.3 is 30.1 Å². The van der Waals surface area contributed by atoms with Gasteiger partial charge >= 0.3 is 12.1 Å². The molecule has 0 atom stereocenters. The number of benzene rings is 2. The molecule has 3 heterocycles. The van der Waals surface area contributed by atoms with Crippen LogP contribution in [0.3, 0.4) is 0 Å². The Kier molecular flexibility index (Phi) is 12.4. The van der Waals surface area contributed by atoms with Gasteiger partial charge in [-0.2, -0.15) is 13.2 Å². The third kappa shape index (κ3) is 9.25. The largest absolute Gasteiger partial charge is 0.484 e. The predicted molar refractivity (Wildman–Crippen MR) is 187 cm³/mol. The maximum Gasteiger partial charge on any atom is 0.416 e. The zero-order chi connectivity index (χ0) is 39.2. The molecule has 0 saturated carbocycles. The van der Waals surface area contributed by atoms with Crippen molar-refractivity contribution in [1.82, 2.24) is 40.1 Å². The Labute approximate surface area is 310 Å². The first kappa shape index (κ1) is 39.5. The molecule has 2 aromatic carbocycles. The van der Waals surface area contributed by atoms with Crippen LogP contribution in [-0.4, -0.2) is 99.3 Å². The highest BCUT2D eigenvalue weighted by Gasteiger charge is 2.34. The number of nitrogens with zero attached hydrogens (tertiary/aromatic N) is 7. The van der Waals surface area contributed by atoms with Crippen LogP contribution >= 0.6 is 11.6 Å². The number of aromatic amines is 1. The topological polar surface area (TPSA) is 154 Å². The first-order valence-electron chi connectivity index (χ1n) is 16.5. The number of H-pyrrole nitrogens is 1. The zero-order valence-corrected chi connectivity index (χ0v) is 30.0. The summed E-state index contributed by atoms with van der Waals surface area (Å²) in [6.07, 6.45) is -6.55. The van der Waals surface area contributed by atoms with Gasteiger partial charge in [0.25, 0.3) is 12.3 Å². The van der Waals surface area contributed by atoms with Crippen LogP contribution in [0.1, 0.15) is 51.9 Å². The summed E-state index contributed by atoms with van der Waals surface area (Å²) >= 11 is 6.00. The molecule has 4 aromatic rings. The molecule has 1 fully saturated rings. The molecule has 3 N–H and O–H groups in total. The van der Waals surface area contributed by atoms with E-state index in [-0.39, 0.29) is 67.9 Å². The molecule has 20 heteroatoms. The van der Waals surface area contributed by atoms with Gasteiger partial charge in [-0.15, -0.1) is 9.90 Å². The highest BCUT2D eigenvalue weighted by atomic mass is 35.5. The minimum atomic E-state index is -4.62. The number of nitrogens with one attached hydrogen (secondary N) is 3. The van der Waals surface area contributed by atoms with E-state index in [1.54, 1.807) is 61.2 Å². The van der Waals surface area contributed by atoms with Gasteiger partial charge in [0.2, 0.25) is 11.9 Å². The van der Waals surface area contributed by atoms with E-state index in [0.29, 0.717) is 23.3 Å². The van der Waals surface area contributed by atoms with Crippen molar-refractivity contribution in [2.45, 2.75) is 32.6 Å². The molecule has 14 nitrogen and oxygen atoms in total. The van der Waals surface area contributed by atoms with Crippen LogP contribution in [0.5, 0.6) is 5.75 Å². The molecule has 54 heavy (non-hydrogen) atoms. The van der Waals surface area contributed by atoms with Gasteiger partial charge in [0, 0.05) is 46.0 Å². The molecule has 0 aliphatic carbocycles. The summed E-state index contributed by atoms with van der Waals surface area (Å²) in [4.78, 5) is 53.9. The van der Waals surface area contributed by atoms with E-state index in [9.17, 15) is 36.3 Å². The van der Waals surface area contributed by atoms with Crippen molar-refractivity contribution in [3.8, 4) is 5.75 Å². The third-order valence-electron chi connectivity index (χ3n) is 8.24. The smallest absolute Gasteiger partial charge is 0.416 e. The number of rotatable bonds is 13. The number of hydrogen-bond acceptors (Lipinski definition) is 10. The summed E-state index contributed by atoms with van der Waals surface area (Å²) < 4.78 is 72.9. The summed E-state index contributed by atoms with van der Waals surface area (Å²) in [6.45, 7) is 1.55. The second kappa shape index (κ2) is 17.0. The van der Waals surface area contributed by atoms with Crippen LogP contribution in [-0.2, 0) is 17.6 Å². The lowest BCUT2D eigenvalue weighted by atomic mass is 10.1. The number of piperazine rings is 1. The predicted octanol–water partition coefficient (Wildman–Crippen LogP) is 5.20. The molecule has 0 radical (unpaired) electrons. The van der Waals surface area contributed by atoms with Gasteiger partial charge in [-0.25, -0.2) is 23.8 Å². The Bertz CT molecular complexity index is 1980. The van der Waals surface area contributed by atoms with E-state index in [0.717, 1.165) is 23.3 Å². The van der Waals surface area contributed by atoms with Gasteiger partial charge in [-0.05, 0) is 30.2 Å². The number of aromatic nitrogens is 5. The van der Waals surface area contributed by atoms with Gasteiger partial charge in [-0.3, -0.25) is 14.4 Å². The molecule has 0 bridgehead atoms. The zero-order valence-electron chi connectivity index (χ0n) is 29.3. The van der Waals surface area contributed by atoms with Crippen molar-refractivity contribution in [3.05, 3.63) is 93.8 Å². The number of amides is 2. The maximum absolute atomic E-state index is 14.0. The molecule has 1 saturated heterocycles. The number of anilines is 2. The second-order valence-electron chi connectivity index (χ2n) is 12.1. The summed E-state index contributed by atoms with van der Waals surface area (Å²) in [5, 5.41) is 12.1. The molecule has 0 unspecified atom stereocenters.